The number of aliphatic hydroxyl groups excluding tert-OH is 1. The summed E-state index contributed by atoms with van der Waals surface area (Å²) in [6.07, 6.45) is 0.292. The third-order valence-electron chi connectivity index (χ3n) is 3.22. The smallest absolute Gasteiger partial charge is 0.237 e. The van der Waals surface area contributed by atoms with Gasteiger partial charge in [-0.3, -0.25) is 4.79 Å². The molecule has 1 rings (SSSR count). The maximum absolute atomic E-state index is 11.6. The quantitative estimate of drug-likeness (QED) is 0.668. The van der Waals surface area contributed by atoms with E-state index in [2.05, 4.69) is 5.32 Å². The Balaban J connectivity index is 2.70. The number of nitrogens with two attached hydrogens (primary N) is 1. The highest BCUT2D eigenvalue weighted by Gasteiger charge is 2.32. The van der Waals surface area contributed by atoms with Crippen molar-refractivity contribution in [2.45, 2.75) is 45.4 Å². The van der Waals surface area contributed by atoms with E-state index in [1.165, 1.54) is 0 Å². The number of rotatable bonds is 8. The second-order valence-electron chi connectivity index (χ2n) is 5.16. The molecule has 1 amide bonds. The first-order chi connectivity index (χ1) is 9.41. The number of hydrogen-bond donors (Lipinski definition) is 3. The molecule has 1 aromatic carbocycles. The van der Waals surface area contributed by atoms with Crippen LogP contribution in [-0.4, -0.2) is 29.2 Å². The zero-order valence-corrected chi connectivity index (χ0v) is 12.3. The van der Waals surface area contributed by atoms with Gasteiger partial charge < -0.3 is 20.9 Å². The van der Waals surface area contributed by atoms with Crippen LogP contribution in [0.3, 0.4) is 0 Å². The summed E-state index contributed by atoms with van der Waals surface area (Å²) in [7, 11) is 0. The summed E-state index contributed by atoms with van der Waals surface area (Å²) in [5.74, 6) is 0.284. The van der Waals surface area contributed by atoms with Gasteiger partial charge in [0.25, 0.3) is 0 Å². The van der Waals surface area contributed by atoms with Crippen molar-refractivity contribution in [1.82, 2.24) is 5.32 Å². The van der Waals surface area contributed by atoms with Gasteiger partial charge in [-0.1, -0.05) is 19.1 Å². The number of nitrogens with one attached hydrogen (secondary N) is 1. The Hall–Kier alpha value is -1.59. The first kappa shape index (κ1) is 16.5. The van der Waals surface area contributed by atoms with Crippen LogP contribution in [0.15, 0.2) is 24.3 Å². The van der Waals surface area contributed by atoms with E-state index in [-0.39, 0.29) is 18.6 Å². The van der Waals surface area contributed by atoms with Gasteiger partial charge in [0.1, 0.15) is 5.75 Å². The predicted octanol–water partition coefficient (Wildman–Crippen LogP) is 1.19. The van der Waals surface area contributed by atoms with Crippen molar-refractivity contribution in [3.63, 3.8) is 0 Å². The molecule has 0 spiro atoms. The van der Waals surface area contributed by atoms with Gasteiger partial charge in [0, 0.05) is 6.42 Å². The molecule has 0 saturated heterocycles. The van der Waals surface area contributed by atoms with Crippen molar-refractivity contribution in [3.05, 3.63) is 29.8 Å². The van der Waals surface area contributed by atoms with Crippen LogP contribution in [0.1, 0.15) is 32.8 Å². The fourth-order valence-electron chi connectivity index (χ4n) is 2.22. The van der Waals surface area contributed by atoms with Crippen LogP contribution < -0.4 is 15.8 Å². The number of carbonyl (C=O) groups excluding carboxylic acids is 1. The number of ether oxygens (including phenoxy) is 1. The van der Waals surface area contributed by atoms with E-state index in [1.54, 1.807) is 13.0 Å². The Labute approximate surface area is 120 Å². The van der Waals surface area contributed by atoms with Crippen LogP contribution in [0.5, 0.6) is 5.75 Å². The molecule has 5 heteroatoms. The molecule has 0 aromatic heterocycles. The first-order valence-electron chi connectivity index (χ1n) is 6.82. The van der Waals surface area contributed by atoms with Crippen LogP contribution >= 0.6 is 0 Å². The molecule has 4 N–H and O–H groups in total. The van der Waals surface area contributed by atoms with Crippen LogP contribution in [-0.2, 0) is 11.4 Å². The molecule has 0 aliphatic rings. The standard InChI is InChI=1S/C15H24N2O3/c1-4-17-15(3,14(16)19)9-11(2)20-13-7-5-6-12(8-13)10-18/h5-8,11,17-18H,4,9-10H2,1-3H3,(H2,16,19). The van der Waals surface area contributed by atoms with Crippen LogP contribution in [0.2, 0.25) is 0 Å². The highest BCUT2D eigenvalue weighted by molar-refractivity contribution is 5.84. The molecule has 0 fully saturated rings. The summed E-state index contributed by atoms with van der Waals surface area (Å²) in [6.45, 7) is 6.23. The monoisotopic (exact) mass is 280 g/mol. The SMILES string of the molecule is CCNC(C)(CC(C)Oc1cccc(CO)c1)C(N)=O. The van der Waals surface area contributed by atoms with Crippen molar-refractivity contribution in [1.29, 1.82) is 0 Å². The van der Waals surface area contributed by atoms with E-state index in [4.69, 9.17) is 15.6 Å². The normalized spacial score (nSPS) is 15.4. The first-order valence-corrected chi connectivity index (χ1v) is 6.82. The number of carbonyl (C=O) groups is 1. The van der Waals surface area contributed by atoms with E-state index in [0.717, 1.165) is 5.56 Å². The van der Waals surface area contributed by atoms with E-state index in [9.17, 15) is 4.79 Å². The summed E-state index contributed by atoms with van der Waals surface area (Å²) in [4.78, 5) is 11.6. The minimum absolute atomic E-state index is 0.0258. The third-order valence-corrected chi connectivity index (χ3v) is 3.22. The van der Waals surface area contributed by atoms with Crippen molar-refractivity contribution in [2.24, 2.45) is 5.73 Å². The van der Waals surface area contributed by atoms with Gasteiger partial charge in [0.05, 0.1) is 18.2 Å². The largest absolute Gasteiger partial charge is 0.491 e. The molecule has 5 nitrogen and oxygen atoms in total. The van der Waals surface area contributed by atoms with E-state index < -0.39 is 5.54 Å². The molecular weight excluding hydrogens is 256 g/mol. The van der Waals surface area contributed by atoms with E-state index in [0.29, 0.717) is 18.7 Å². The molecule has 0 aliphatic carbocycles. The Morgan fingerprint density at radius 1 is 1.55 bits per heavy atom. The molecule has 0 bridgehead atoms. The van der Waals surface area contributed by atoms with Gasteiger partial charge in [0.2, 0.25) is 5.91 Å². The van der Waals surface area contributed by atoms with Gasteiger partial charge in [-0.2, -0.15) is 0 Å². The topological polar surface area (TPSA) is 84.6 Å². The Kier molecular flexibility index (Phi) is 5.98. The summed E-state index contributed by atoms with van der Waals surface area (Å²) < 4.78 is 5.79. The number of likely N-dealkylation sites (N-methyl/N-ethyl adjacent to an activating group) is 1. The van der Waals surface area contributed by atoms with Gasteiger partial charge >= 0.3 is 0 Å². The summed E-state index contributed by atoms with van der Waals surface area (Å²) >= 11 is 0. The lowest BCUT2D eigenvalue weighted by atomic mass is 9.94. The third kappa shape index (κ3) is 4.51. The maximum atomic E-state index is 11.6. The molecule has 2 unspecified atom stereocenters. The van der Waals surface area contributed by atoms with Crippen molar-refractivity contribution in [2.75, 3.05) is 6.54 Å². The van der Waals surface area contributed by atoms with Gasteiger partial charge in [0.15, 0.2) is 0 Å². The number of aliphatic hydroxyl groups is 1. The fourth-order valence-corrected chi connectivity index (χ4v) is 2.22. The van der Waals surface area contributed by atoms with Crippen molar-refractivity contribution in [3.8, 4) is 5.75 Å². The number of amides is 1. The zero-order valence-electron chi connectivity index (χ0n) is 12.3. The number of hydrogen-bond acceptors (Lipinski definition) is 4. The molecule has 0 saturated carbocycles. The molecule has 112 valence electrons. The second kappa shape index (κ2) is 7.26. The lowest BCUT2D eigenvalue weighted by Gasteiger charge is -2.30. The average Bonchev–Trinajstić information content (AvgIpc) is 2.38. The molecule has 0 aliphatic heterocycles. The predicted molar refractivity (Wildman–Crippen MR) is 78.3 cm³/mol. The lowest BCUT2D eigenvalue weighted by Crippen LogP contribution is -2.55. The molecule has 0 radical (unpaired) electrons. The van der Waals surface area contributed by atoms with Crippen molar-refractivity contribution < 1.29 is 14.6 Å². The molecular formula is C15H24N2O3. The van der Waals surface area contributed by atoms with Crippen LogP contribution in [0, 0.1) is 0 Å². The van der Waals surface area contributed by atoms with Crippen molar-refractivity contribution >= 4 is 5.91 Å². The number of benzene rings is 1. The zero-order chi connectivity index (χ0) is 15.2. The minimum Gasteiger partial charge on any atom is -0.491 e. The summed E-state index contributed by atoms with van der Waals surface area (Å²) in [5, 5.41) is 12.2. The minimum atomic E-state index is -0.789. The second-order valence-corrected chi connectivity index (χ2v) is 5.16. The van der Waals surface area contributed by atoms with E-state index in [1.807, 2.05) is 32.0 Å². The van der Waals surface area contributed by atoms with Gasteiger partial charge in [-0.05, 0) is 38.1 Å². The Bertz CT molecular complexity index is 450. The molecule has 1 aromatic rings. The Morgan fingerprint density at radius 2 is 2.25 bits per heavy atom. The van der Waals surface area contributed by atoms with Crippen LogP contribution in [0.4, 0.5) is 0 Å². The summed E-state index contributed by atoms with van der Waals surface area (Å²) in [5.41, 5.74) is 5.46. The van der Waals surface area contributed by atoms with Gasteiger partial charge in [-0.25, -0.2) is 0 Å². The number of primary amides is 1. The average molecular weight is 280 g/mol. The maximum Gasteiger partial charge on any atom is 0.237 e. The van der Waals surface area contributed by atoms with Gasteiger partial charge in [-0.15, -0.1) is 0 Å². The van der Waals surface area contributed by atoms with E-state index >= 15 is 0 Å². The highest BCUT2D eigenvalue weighted by atomic mass is 16.5. The highest BCUT2D eigenvalue weighted by Crippen LogP contribution is 2.19. The Morgan fingerprint density at radius 3 is 2.80 bits per heavy atom. The molecule has 0 heterocycles. The summed E-state index contributed by atoms with van der Waals surface area (Å²) in [6, 6.07) is 7.25. The molecule has 20 heavy (non-hydrogen) atoms. The fraction of sp³-hybridized carbons (Fsp3) is 0.533. The lowest BCUT2D eigenvalue weighted by molar-refractivity contribution is -0.124. The van der Waals surface area contributed by atoms with Crippen LogP contribution in [0.25, 0.3) is 0 Å². The molecule has 2 atom stereocenters.